The molecule has 1 saturated heterocycles. The lowest BCUT2D eigenvalue weighted by Gasteiger charge is -2.54. The maximum Gasteiger partial charge on any atom is 0.253 e. The van der Waals surface area contributed by atoms with Crippen molar-refractivity contribution in [3.05, 3.63) is 78.4 Å². The molecular formula is C27H34N2O2. The van der Waals surface area contributed by atoms with Crippen molar-refractivity contribution < 1.29 is 9.53 Å². The SMILES string of the molecule is C=CCN1CCC2(c3cccc(OC)c3)CC(N(C)C(=O)c3ccccc3)CCC2C1. The predicted octanol–water partition coefficient (Wildman–Crippen LogP) is 4.77. The summed E-state index contributed by atoms with van der Waals surface area (Å²) >= 11 is 0. The summed E-state index contributed by atoms with van der Waals surface area (Å²) in [6.07, 6.45) is 6.29. The molecule has 3 unspecified atom stereocenters. The zero-order valence-corrected chi connectivity index (χ0v) is 18.8. The third-order valence-electron chi connectivity index (χ3n) is 7.50. The zero-order chi connectivity index (χ0) is 21.8. The molecule has 0 radical (unpaired) electrons. The molecule has 0 aromatic heterocycles. The van der Waals surface area contributed by atoms with Crippen LogP contribution >= 0.6 is 0 Å². The highest BCUT2D eigenvalue weighted by Crippen LogP contribution is 2.50. The number of amides is 1. The van der Waals surface area contributed by atoms with Gasteiger partial charge in [0.2, 0.25) is 0 Å². The molecule has 0 spiro atoms. The number of ether oxygens (including phenoxy) is 1. The van der Waals surface area contributed by atoms with E-state index in [1.165, 1.54) is 5.56 Å². The summed E-state index contributed by atoms with van der Waals surface area (Å²) in [4.78, 5) is 17.7. The van der Waals surface area contributed by atoms with Crippen LogP contribution in [0.15, 0.2) is 67.3 Å². The molecule has 4 rings (SSSR count). The Balaban J connectivity index is 1.63. The molecule has 1 aliphatic heterocycles. The van der Waals surface area contributed by atoms with E-state index in [0.717, 1.165) is 56.6 Å². The van der Waals surface area contributed by atoms with Gasteiger partial charge in [-0.25, -0.2) is 0 Å². The smallest absolute Gasteiger partial charge is 0.253 e. The van der Waals surface area contributed by atoms with Gasteiger partial charge in [-0.15, -0.1) is 6.58 Å². The molecule has 1 aliphatic carbocycles. The average Bonchev–Trinajstić information content (AvgIpc) is 2.83. The minimum atomic E-state index is 0.0698. The van der Waals surface area contributed by atoms with Gasteiger partial charge in [0, 0.05) is 37.2 Å². The van der Waals surface area contributed by atoms with E-state index >= 15 is 0 Å². The highest BCUT2D eigenvalue weighted by Gasteiger charge is 2.49. The number of benzene rings is 2. The Morgan fingerprint density at radius 3 is 2.77 bits per heavy atom. The molecule has 4 heteroatoms. The van der Waals surface area contributed by atoms with E-state index < -0.39 is 0 Å². The number of hydrogen-bond acceptors (Lipinski definition) is 3. The number of nitrogens with zero attached hydrogens (tertiary/aromatic N) is 2. The van der Waals surface area contributed by atoms with E-state index in [4.69, 9.17) is 4.74 Å². The van der Waals surface area contributed by atoms with E-state index in [-0.39, 0.29) is 17.4 Å². The minimum Gasteiger partial charge on any atom is -0.497 e. The van der Waals surface area contributed by atoms with Crippen LogP contribution in [0.4, 0.5) is 0 Å². The molecule has 4 nitrogen and oxygen atoms in total. The molecule has 1 amide bonds. The Hall–Kier alpha value is -2.59. The van der Waals surface area contributed by atoms with Crippen LogP contribution in [0.5, 0.6) is 5.75 Å². The van der Waals surface area contributed by atoms with Gasteiger partial charge in [0.25, 0.3) is 5.91 Å². The van der Waals surface area contributed by atoms with Gasteiger partial charge in [-0.3, -0.25) is 9.69 Å². The number of piperidine rings is 1. The van der Waals surface area contributed by atoms with Crippen LogP contribution in [0.25, 0.3) is 0 Å². The number of rotatable bonds is 6. The number of carbonyl (C=O) groups excluding carboxylic acids is 1. The monoisotopic (exact) mass is 418 g/mol. The van der Waals surface area contributed by atoms with Gasteiger partial charge in [0.15, 0.2) is 0 Å². The zero-order valence-electron chi connectivity index (χ0n) is 18.8. The summed E-state index contributed by atoms with van der Waals surface area (Å²) < 4.78 is 5.56. The van der Waals surface area contributed by atoms with Crippen molar-refractivity contribution in [1.82, 2.24) is 9.80 Å². The molecule has 0 bridgehead atoms. The van der Waals surface area contributed by atoms with Crippen LogP contribution in [0.1, 0.15) is 41.6 Å². The fourth-order valence-electron chi connectivity index (χ4n) is 5.75. The topological polar surface area (TPSA) is 32.8 Å². The first kappa shape index (κ1) is 21.6. The lowest BCUT2D eigenvalue weighted by Crippen LogP contribution is -2.56. The lowest BCUT2D eigenvalue weighted by molar-refractivity contribution is 0.0221. The summed E-state index contributed by atoms with van der Waals surface area (Å²) in [5, 5.41) is 0. The molecule has 2 aliphatic rings. The van der Waals surface area contributed by atoms with Crippen LogP contribution in [-0.2, 0) is 5.41 Å². The van der Waals surface area contributed by atoms with Crippen LogP contribution in [-0.4, -0.2) is 55.5 Å². The van der Waals surface area contributed by atoms with E-state index in [1.807, 2.05) is 54.4 Å². The first-order valence-corrected chi connectivity index (χ1v) is 11.4. The van der Waals surface area contributed by atoms with Crippen LogP contribution < -0.4 is 4.74 Å². The highest BCUT2D eigenvalue weighted by atomic mass is 16.5. The van der Waals surface area contributed by atoms with Gasteiger partial charge in [-0.2, -0.15) is 0 Å². The second-order valence-electron chi connectivity index (χ2n) is 9.10. The Morgan fingerprint density at radius 1 is 1.23 bits per heavy atom. The summed E-state index contributed by atoms with van der Waals surface area (Å²) in [6, 6.07) is 18.5. The maximum atomic E-state index is 13.2. The van der Waals surface area contributed by atoms with Gasteiger partial charge >= 0.3 is 0 Å². The van der Waals surface area contributed by atoms with Gasteiger partial charge in [-0.05, 0) is 68.0 Å². The molecule has 31 heavy (non-hydrogen) atoms. The second-order valence-corrected chi connectivity index (χ2v) is 9.10. The largest absolute Gasteiger partial charge is 0.497 e. The number of hydrogen-bond donors (Lipinski definition) is 0. The first-order valence-electron chi connectivity index (χ1n) is 11.4. The Morgan fingerprint density at radius 2 is 2.03 bits per heavy atom. The minimum absolute atomic E-state index is 0.0698. The summed E-state index contributed by atoms with van der Waals surface area (Å²) in [5.41, 5.74) is 2.20. The average molecular weight is 419 g/mol. The molecule has 2 aromatic rings. The molecule has 1 saturated carbocycles. The summed E-state index contributed by atoms with van der Waals surface area (Å²) in [7, 11) is 3.71. The number of likely N-dealkylation sites (tertiary alicyclic amines) is 1. The quantitative estimate of drug-likeness (QED) is 0.634. The van der Waals surface area contributed by atoms with Gasteiger partial charge in [-0.1, -0.05) is 36.4 Å². The first-order chi connectivity index (χ1) is 15.1. The van der Waals surface area contributed by atoms with E-state index in [9.17, 15) is 4.79 Å². The number of fused-ring (bicyclic) bond motifs is 1. The van der Waals surface area contributed by atoms with Crippen LogP contribution in [0.2, 0.25) is 0 Å². The molecule has 2 fully saturated rings. The Labute approximate surface area is 186 Å². The van der Waals surface area contributed by atoms with E-state index in [0.29, 0.717) is 5.92 Å². The van der Waals surface area contributed by atoms with Crippen LogP contribution in [0.3, 0.4) is 0 Å². The van der Waals surface area contributed by atoms with E-state index in [2.05, 4.69) is 29.7 Å². The molecular weight excluding hydrogens is 384 g/mol. The third kappa shape index (κ3) is 4.27. The maximum absolute atomic E-state index is 13.2. The van der Waals surface area contributed by atoms with Crippen molar-refractivity contribution in [3.8, 4) is 5.75 Å². The fraction of sp³-hybridized carbons (Fsp3) is 0.444. The standard InChI is InChI=1S/C27H34N2O2/c1-4-16-29-17-15-27(22-11-8-12-25(18-22)31-3)19-24(14-13-23(27)20-29)28(2)26(30)21-9-6-5-7-10-21/h4-12,18,23-24H,1,13-17,19-20H2,2-3H3. The second kappa shape index (κ2) is 9.27. The normalized spacial score (nSPS) is 26.0. The third-order valence-corrected chi connectivity index (χ3v) is 7.50. The molecule has 164 valence electrons. The van der Waals surface area contributed by atoms with Crippen molar-refractivity contribution in [2.75, 3.05) is 33.8 Å². The van der Waals surface area contributed by atoms with Crippen molar-refractivity contribution in [2.45, 2.75) is 37.1 Å². The van der Waals surface area contributed by atoms with Crippen LogP contribution in [0, 0.1) is 5.92 Å². The molecule has 0 N–H and O–H groups in total. The van der Waals surface area contributed by atoms with Crippen molar-refractivity contribution in [2.24, 2.45) is 5.92 Å². The fourth-order valence-corrected chi connectivity index (χ4v) is 5.75. The highest BCUT2D eigenvalue weighted by molar-refractivity contribution is 5.94. The van der Waals surface area contributed by atoms with Gasteiger partial charge < -0.3 is 9.64 Å². The molecule has 1 heterocycles. The summed E-state index contributed by atoms with van der Waals surface area (Å²) in [5.74, 6) is 1.61. The van der Waals surface area contributed by atoms with E-state index in [1.54, 1.807) is 7.11 Å². The lowest BCUT2D eigenvalue weighted by atomic mass is 9.57. The van der Waals surface area contributed by atoms with Gasteiger partial charge in [0.05, 0.1) is 7.11 Å². The molecule has 3 atom stereocenters. The summed E-state index contributed by atoms with van der Waals surface area (Å²) in [6.45, 7) is 7.03. The Bertz CT molecular complexity index is 912. The van der Waals surface area contributed by atoms with Crippen molar-refractivity contribution in [1.29, 1.82) is 0 Å². The predicted molar refractivity (Wildman–Crippen MR) is 126 cm³/mol. The van der Waals surface area contributed by atoms with Crippen molar-refractivity contribution in [3.63, 3.8) is 0 Å². The van der Waals surface area contributed by atoms with Gasteiger partial charge in [0.1, 0.15) is 5.75 Å². The Kier molecular flexibility index (Phi) is 6.47. The van der Waals surface area contributed by atoms with Crippen molar-refractivity contribution >= 4 is 5.91 Å². The number of carbonyl (C=O) groups is 1. The number of methoxy groups -OCH3 is 1. The molecule has 2 aromatic carbocycles.